The minimum absolute atomic E-state index is 0.0565. The van der Waals surface area contributed by atoms with Crippen molar-refractivity contribution in [3.05, 3.63) is 0 Å². The molecule has 4 aliphatic rings. The molecule has 0 heterocycles. The Balaban J connectivity index is 1.83. The van der Waals surface area contributed by atoms with Crippen LogP contribution < -0.4 is 0 Å². The number of hydrogen-bond donors (Lipinski definition) is 4. The van der Waals surface area contributed by atoms with Crippen molar-refractivity contribution >= 4 is 0 Å². The van der Waals surface area contributed by atoms with E-state index in [1.807, 2.05) is 6.92 Å². The summed E-state index contributed by atoms with van der Waals surface area (Å²) in [6.07, 6.45) is 3.18. The molecule has 2 bridgehead atoms. The first-order valence-corrected chi connectivity index (χ1v) is 9.75. The maximum absolute atomic E-state index is 11.4. The Morgan fingerprint density at radius 1 is 0.875 bits per heavy atom. The number of hydrogen-bond acceptors (Lipinski definition) is 4. The zero-order valence-electron chi connectivity index (χ0n) is 15.5. The van der Waals surface area contributed by atoms with Gasteiger partial charge in [-0.1, -0.05) is 20.8 Å². The van der Waals surface area contributed by atoms with E-state index in [-0.39, 0.29) is 28.1 Å². The Labute approximate surface area is 145 Å². The quantitative estimate of drug-likeness (QED) is 0.545. The molecular weight excluding hydrogens is 304 g/mol. The fourth-order valence-corrected chi connectivity index (χ4v) is 8.09. The van der Waals surface area contributed by atoms with Gasteiger partial charge in [-0.15, -0.1) is 0 Å². The van der Waals surface area contributed by atoms with Crippen LogP contribution in [0.25, 0.3) is 0 Å². The minimum Gasteiger partial charge on any atom is -0.392 e. The highest BCUT2D eigenvalue weighted by Gasteiger charge is 2.74. The molecule has 4 aliphatic carbocycles. The number of fused-ring (bicyclic) bond motifs is 2. The summed E-state index contributed by atoms with van der Waals surface area (Å²) in [4.78, 5) is 0. The average molecular weight is 338 g/mol. The summed E-state index contributed by atoms with van der Waals surface area (Å²) >= 11 is 0. The first-order chi connectivity index (χ1) is 11.0. The van der Waals surface area contributed by atoms with E-state index in [0.29, 0.717) is 12.3 Å². The third-order valence-electron chi connectivity index (χ3n) is 9.31. The van der Waals surface area contributed by atoms with Gasteiger partial charge in [-0.05, 0) is 68.1 Å². The van der Waals surface area contributed by atoms with Gasteiger partial charge in [0.15, 0.2) is 0 Å². The molecule has 4 N–H and O–H groups in total. The maximum Gasteiger partial charge on any atom is 0.0852 e. The Bertz CT molecular complexity index is 544. The standard InChI is InChI=1S/C20H34O4/c1-17(2)14-6-5-11-9-12-15(22)20(11,8-7-19(12,4)24)18(14,3)10-13(21)16(17)23/h11-16,21-24H,5-10H2,1-4H3/t11-,12-,13+,14-,15+,16-,18-,19-,20-/m0/s1. The van der Waals surface area contributed by atoms with Crippen molar-refractivity contribution in [1.82, 2.24) is 0 Å². The summed E-state index contributed by atoms with van der Waals surface area (Å²) in [6, 6.07) is 0. The summed E-state index contributed by atoms with van der Waals surface area (Å²) in [6.45, 7) is 8.30. The van der Waals surface area contributed by atoms with Gasteiger partial charge in [-0.3, -0.25) is 0 Å². The number of aliphatic hydroxyl groups is 4. The van der Waals surface area contributed by atoms with Crippen LogP contribution in [0.15, 0.2) is 0 Å². The van der Waals surface area contributed by atoms with E-state index in [1.165, 1.54) is 0 Å². The maximum atomic E-state index is 11.4. The van der Waals surface area contributed by atoms with Crippen LogP contribution in [0, 0.1) is 34.0 Å². The van der Waals surface area contributed by atoms with E-state index in [1.54, 1.807) is 0 Å². The fraction of sp³-hybridized carbons (Fsp3) is 1.00. The third kappa shape index (κ3) is 1.74. The Morgan fingerprint density at radius 3 is 2.21 bits per heavy atom. The van der Waals surface area contributed by atoms with Crippen molar-refractivity contribution < 1.29 is 20.4 Å². The summed E-state index contributed by atoms with van der Waals surface area (Å²) in [5.41, 5.74) is -1.55. The van der Waals surface area contributed by atoms with Gasteiger partial charge < -0.3 is 20.4 Å². The molecule has 0 amide bonds. The molecule has 24 heavy (non-hydrogen) atoms. The van der Waals surface area contributed by atoms with Gasteiger partial charge in [0.05, 0.1) is 23.9 Å². The van der Waals surface area contributed by atoms with Crippen molar-refractivity contribution in [2.75, 3.05) is 0 Å². The van der Waals surface area contributed by atoms with Gasteiger partial charge in [0, 0.05) is 11.3 Å². The van der Waals surface area contributed by atoms with E-state index >= 15 is 0 Å². The molecule has 4 saturated carbocycles. The molecule has 4 rings (SSSR count). The summed E-state index contributed by atoms with van der Waals surface area (Å²) in [7, 11) is 0. The van der Waals surface area contributed by atoms with Crippen LogP contribution in [0.4, 0.5) is 0 Å². The second-order valence-electron chi connectivity index (χ2n) is 10.5. The second kappa shape index (κ2) is 4.76. The van der Waals surface area contributed by atoms with Crippen molar-refractivity contribution in [2.24, 2.45) is 34.0 Å². The summed E-state index contributed by atoms with van der Waals surface area (Å²) < 4.78 is 0. The van der Waals surface area contributed by atoms with E-state index < -0.39 is 23.9 Å². The predicted octanol–water partition coefficient (Wildman–Crippen LogP) is 2.08. The highest BCUT2D eigenvalue weighted by molar-refractivity contribution is 5.22. The molecule has 4 fully saturated rings. The Hall–Kier alpha value is -0.160. The zero-order valence-corrected chi connectivity index (χ0v) is 15.5. The molecule has 0 radical (unpaired) electrons. The van der Waals surface area contributed by atoms with E-state index in [0.717, 1.165) is 32.1 Å². The van der Waals surface area contributed by atoms with Gasteiger partial charge in [0.1, 0.15) is 0 Å². The molecule has 0 unspecified atom stereocenters. The van der Waals surface area contributed by atoms with Gasteiger partial charge in [-0.2, -0.15) is 0 Å². The Kier molecular flexibility index (Phi) is 3.42. The van der Waals surface area contributed by atoms with Gasteiger partial charge in [0.25, 0.3) is 0 Å². The lowest BCUT2D eigenvalue weighted by atomic mass is 9.38. The highest BCUT2D eigenvalue weighted by atomic mass is 16.3. The van der Waals surface area contributed by atoms with Crippen molar-refractivity contribution in [3.8, 4) is 0 Å². The topological polar surface area (TPSA) is 80.9 Å². The average Bonchev–Trinajstić information content (AvgIpc) is 2.70. The van der Waals surface area contributed by atoms with Crippen molar-refractivity contribution in [1.29, 1.82) is 0 Å². The van der Waals surface area contributed by atoms with Crippen LogP contribution in [-0.2, 0) is 0 Å². The normalized spacial score (nSPS) is 62.0. The molecule has 4 heteroatoms. The van der Waals surface area contributed by atoms with Gasteiger partial charge >= 0.3 is 0 Å². The molecule has 1 spiro atoms. The first-order valence-electron chi connectivity index (χ1n) is 9.75. The van der Waals surface area contributed by atoms with Gasteiger partial charge in [0.2, 0.25) is 0 Å². The minimum atomic E-state index is -0.782. The van der Waals surface area contributed by atoms with Crippen LogP contribution in [0.3, 0.4) is 0 Å². The first kappa shape index (κ1) is 17.3. The molecule has 4 nitrogen and oxygen atoms in total. The molecule has 0 aliphatic heterocycles. The van der Waals surface area contributed by atoms with E-state index in [9.17, 15) is 20.4 Å². The van der Waals surface area contributed by atoms with Gasteiger partial charge in [-0.25, -0.2) is 0 Å². The molecule has 9 atom stereocenters. The predicted molar refractivity (Wildman–Crippen MR) is 91.1 cm³/mol. The highest BCUT2D eigenvalue weighted by Crippen LogP contribution is 2.75. The zero-order chi connectivity index (χ0) is 17.7. The monoisotopic (exact) mass is 338 g/mol. The summed E-state index contributed by atoms with van der Waals surface area (Å²) in [5.74, 6) is 0.654. The molecule has 0 saturated heterocycles. The SMILES string of the molecule is CC1(C)[C@@H](O)[C@H](O)C[C@@]2(C)[C@H]1CC[C@H]1C[C@H]3[C@@H](O)[C@]12CC[C@]3(C)O. The smallest absolute Gasteiger partial charge is 0.0852 e. The molecule has 0 aromatic heterocycles. The molecule has 0 aromatic carbocycles. The van der Waals surface area contributed by atoms with Crippen LogP contribution in [0.1, 0.15) is 66.2 Å². The molecule has 0 aromatic rings. The van der Waals surface area contributed by atoms with Crippen LogP contribution in [-0.4, -0.2) is 44.3 Å². The number of rotatable bonds is 0. The lowest BCUT2D eigenvalue weighted by Gasteiger charge is -2.67. The van der Waals surface area contributed by atoms with Crippen molar-refractivity contribution in [2.45, 2.75) is 90.1 Å². The fourth-order valence-electron chi connectivity index (χ4n) is 8.09. The molecule has 138 valence electrons. The second-order valence-corrected chi connectivity index (χ2v) is 10.5. The van der Waals surface area contributed by atoms with Crippen LogP contribution in [0.5, 0.6) is 0 Å². The third-order valence-corrected chi connectivity index (χ3v) is 9.31. The lowest BCUT2D eigenvalue weighted by Crippen LogP contribution is -2.68. The van der Waals surface area contributed by atoms with E-state index in [2.05, 4.69) is 20.8 Å². The molecular formula is C20H34O4. The largest absolute Gasteiger partial charge is 0.392 e. The van der Waals surface area contributed by atoms with Crippen molar-refractivity contribution in [3.63, 3.8) is 0 Å². The summed E-state index contributed by atoms with van der Waals surface area (Å²) in [5, 5.41) is 43.4. The van der Waals surface area contributed by atoms with E-state index in [4.69, 9.17) is 0 Å². The van der Waals surface area contributed by atoms with Crippen LogP contribution in [0.2, 0.25) is 0 Å². The lowest BCUT2D eigenvalue weighted by molar-refractivity contribution is -0.258. The number of aliphatic hydroxyl groups excluding tert-OH is 3. The Morgan fingerprint density at radius 2 is 1.54 bits per heavy atom. The van der Waals surface area contributed by atoms with Crippen LogP contribution >= 0.6 is 0 Å².